The Hall–Kier alpha value is -3.40. The number of hydrogen-bond acceptors (Lipinski definition) is 8. The third kappa shape index (κ3) is 7.10. The van der Waals surface area contributed by atoms with E-state index in [0.29, 0.717) is 28.1 Å². The van der Waals surface area contributed by atoms with Crippen molar-refractivity contribution in [3.05, 3.63) is 46.6 Å². The van der Waals surface area contributed by atoms with Crippen molar-refractivity contribution >= 4 is 40.2 Å². The van der Waals surface area contributed by atoms with Crippen molar-refractivity contribution in [2.75, 3.05) is 24.2 Å². The van der Waals surface area contributed by atoms with E-state index in [1.807, 2.05) is 33.9 Å². The second-order valence-electron chi connectivity index (χ2n) is 6.71. The number of aromatic hydroxyl groups is 1. The van der Waals surface area contributed by atoms with Crippen LogP contribution in [0.2, 0.25) is 0 Å². The number of nitrogens with one attached hydrogen (secondary N) is 3. The van der Waals surface area contributed by atoms with Gasteiger partial charge in [-0.1, -0.05) is 24.3 Å². The van der Waals surface area contributed by atoms with E-state index in [2.05, 4.69) is 26.0 Å². The Bertz CT molecular complexity index is 1010. The Kier molecular flexibility index (Phi) is 9.01. The molecule has 1 amide bonds. The molecule has 10 heteroatoms. The lowest BCUT2D eigenvalue weighted by atomic mass is 10.1. The number of aromatic nitrogens is 3. The number of anilines is 3. The third-order valence-corrected chi connectivity index (χ3v) is 5.13. The van der Waals surface area contributed by atoms with Crippen LogP contribution in [0.15, 0.2) is 30.6 Å². The topological polar surface area (TPSA) is 121 Å². The summed E-state index contributed by atoms with van der Waals surface area (Å²) in [6.45, 7) is 6.75. The summed E-state index contributed by atoms with van der Waals surface area (Å²) in [5.74, 6) is 0.860. The molecule has 2 heterocycles. The number of thiazole rings is 1. The van der Waals surface area contributed by atoms with Gasteiger partial charge in [0, 0.05) is 37.1 Å². The fraction of sp³-hybridized carbons (Fsp3) is 0.333. The number of benzene rings is 1. The summed E-state index contributed by atoms with van der Waals surface area (Å²) in [5, 5.41) is 22.9. The summed E-state index contributed by atoms with van der Waals surface area (Å²) in [6, 6.07) is 5.36. The molecule has 0 saturated carbocycles. The van der Waals surface area contributed by atoms with E-state index in [0.717, 1.165) is 29.5 Å². The van der Waals surface area contributed by atoms with Gasteiger partial charge in [0.2, 0.25) is 5.91 Å². The highest BCUT2D eigenvalue weighted by atomic mass is 32.1. The number of nitrogens with zero attached hydrogens (tertiary/aromatic N) is 3. The van der Waals surface area contributed by atoms with Gasteiger partial charge in [-0.2, -0.15) is 5.10 Å². The molecule has 0 aliphatic carbocycles. The summed E-state index contributed by atoms with van der Waals surface area (Å²) in [7, 11) is 1.86. The zero-order valence-electron chi connectivity index (χ0n) is 18.1. The summed E-state index contributed by atoms with van der Waals surface area (Å²) < 4.78 is 1.54. The number of hydrogen-bond donors (Lipinski definition) is 4. The highest BCUT2D eigenvalue weighted by molar-refractivity contribution is 7.17. The van der Waals surface area contributed by atoms with Crippen LogP contribution in [-0.2, 0) is 11.3 Å². The zero-order valence-corrected chi connectivity index (χ0v) is 18.9. The fourth-order valence-electron chi connectivity index (χ4n) is 2.71. The van der Waals surface area contributed by atoms with Gasteiger partial charge in [-0.05, 0) is 31.9 Å². The molecule has 2 aromatic heterocycles. The lowest BCUT2D eigenvalue weighted by molar-refractivity contribution is -0.121. The molecular weight excluding hydrogens is 416 g/mol. The number of carbonyl (C=O) groups excluding carboxylic acids is 2. The van der Waals surface area contributed by atoms with E-state index in [9.17, 15) is 14.7 Å². The predicted molar refractivity (Wildman–Crippen MR) is 123 cm³/mol. The fourth-order valence-corrected chi connectivity index (χ4v) is 3.35. The average Bonchev–Trinajstić information content (AvgIpc) is 3.40. The van der Waals surface area contributed by atoms with E-state index < -0.39 is 0 Å². The molecule has 0 spiro atoms. The normalized spacial score (nSPS) is 10.1. The van der Waals surface area contributed by atoms with Gasteiger partial charge in [0.05, 0.1) is 11.1 Å². The first-order chi connectivity index (χ1) is 14.9. The van der Waals surface area contributed by atoms with Crippen molar-refractivity contribution in [1.82, 2.24) is 20.1 Å². The highest BCUT2D eigenvalue weighted by Gasteiger charge is 2.06. The van der Waals surface area contributed by atoms with Gasteiger partial charge in [0.1, 0.15) is 12.3 Å². The van der Waals surface area contributed by atoms with Gasteiger partial charge in [-0.3, -0.25) is 14.3 Å². The lowest BCUT2D eigenvalue weighted by Crippen LogP contribution is -2.28. The molecule has 9 nitrogen and oxygen atoms in total. The Morgan fingerprint density at radius 3 is 2.68 bits per heavy atom. The molecule has 0 radical (unpaired) electrons. The first-order valence-electron chi connectivity index (χ1n) is 9.83. The van der Waals surface area contributed by atoms with Crippen LogP contribution >= 0.6 is 11.3 Å². The lowest BCUT2D eigenvalue weighted by Gasteiger charge is -2.09. The molecule has 0 saturated heterocycles. The number of aldehydes is 1. The van der Waals surface area contributed by atoms with Crippen LogP contribution in [0.5, 0.6) is 5.75 Å². The third-order valence-electron chi connectivity index (χ3n) is 4.29. The number of carbonyl (C=O) groups is 2. The van der Waals surface area contributed by atoms with Gasteiger partial charge in [0.25, 0.3) is 0 Å². The first-order valence-corrected chi connectivity index (χ1v) is 10.6. The molecule has 1 aromatic carbocycles. The molecule has 3 aromatic rings. The van der Waals surface area contributed by atoms with Crippen LogP contribution in [0, 0.1) is 13.8 Å². The average molecular weight is 445 g/mol. The highest BCUT2D eigenvalue weighted by Crippen LogP contribution is 2.27. The molecule has 0 fully saturated rings. The largest absolute Gasteiger partial charge is 0.508 e. The van der Waals surface area contributed by atoms with Crippen LogP contribution < -0.4 is 16.0 Å². The van der Waals surface area contributed by atoms with Gasteiger partial charge < -0.3 is 21.1 Å². The van der Waals surface area contributed by atoms with E-state index in [-0.39, 0.29) is 12.5 Å². The van der Waals surface area contributed by atoms with Crippen molar-refractivity contribution in [1.29, 1.82) is 0 Å². The van der Waals surface area contributed by atoms with Crippen molar-refractivity contribution < 1.29 is 14.7 Å². The second kappa shape index (κ2) is 11.7. The summed E-state index contributed by atoms with van der Waals surface area (Å²) in [4.78, 5) is 26.7. The van der Waals surface area contributed by atoms with Crippen LogP contribution in [0.1, 0.15) is 34.1 Å². The predicted octanol–water partition coefficient (Wildman–Crippen LogP) is 3.47. The van der Waals surface area contributed by atoms with Crippen LogP contribution in [-0.4, -0.2) is 45.7 Å². The molecule has 0 unspecified atom stereocenters. The Labute approximate surface area is 185 Å². The SMILES string of the molecule is CCCNC(=O)Cn1ccc(Nc2ncc(C=O)s2)n1.CNc1c(C)ccc(O)c1C. The van der Waals surface area contributed by atoms with Crippen molar-refractivity contribution in [3.8, 4) is 5.75 Å². The number of amides is 1. The molecule has 166 valence electrons. The minimum absolute atomic E-state index is 0.0704. The molecule has 0 bridgehead atoms. The van der Waals surface area contributed by atoms with Gasteiger partial charge in [-0.25, -0.2) is 4.98 Å². The molecular formula is C21H28N6O3S. The standard InChI is InChI=1S/C12H15N5O2S.C9H13NO/c1-2-4-13-11(19)7-17-5-3-10(16-17)15-12-14-6-9(8-18)20-12;1-6-4-5-8(11)7(2)9(6)10-3/h3,5-6,8H,2,4,7H2,1H3,(H,13,19)(H,14,15,16);4-5,10-11H,1-3H3. The minimum atomic E-state index is -0.0704. The summed E-state index contributed by atoms with van der Waals surface area (Å²) in [6.07, 6.45) is 4.86. The van der Waals surface area contributed by atoms with Crippen LogP contribution in [0.4, 0.5) is 16.6 Å². The van der Waals surface area contributed by atoms with Gasteiger partial charge in [-0.15, -0.1) is 0 Å². The maximum atomic E-state index is 11.5. The maximum absolute atomic E-state index is 11.5. The molecule has 0 aliphatic rings. The van der Waals surface area contributed by atoms with E-state index in [1.54, 1.807) is 23.0 Å². The molecule has 0 aliphatic heterocycles. The molecule has 4 N–H and O–H groups in total. The quantitative estimate of drug-likeness (QED) is 0.393. The first kappa shape index (κ1) is 23.9. The van der Waals surface area contributed by atoms with E-state index >= 15 is 0 Å². The summed E-state index contributed by atoms with van der Waals surface area (Å²) >= 11 is 1.24. The van der Waals surface area contributed by atoms with E-state index in [1.165, 1.54) is 17.5 Å². The Balaban J connectivity index is 0.000000262. The summed E-state index contributed by atoms with van der Waals surface area (Å²) in [5.41, 5.74) is 3.08. The number of rotatable bonds is 8. The Morgan fingerprint density at radius 1 is 1.29 bits per heavy atom. The van der Waals surface area contributed by atoms with Crippen molar-refractivity contribution in [2.45, 2.75) is 33.7 Å². The number of aryl methyl sites for hydroxylation is 1. The second-order valence-corrected chi connectivity index (χ2v) is 7.77. The van der Waals surface area contributed by atoms with Crippen LogP contribution in [0.25, 0.3) is 0 Å². The molecule has 31 heavy (non-hydrogen) atoms. The van der Waals surface area contributed by atoms with Gasteiger partial charge >= 0.3 is 0 Å². The molecule has 3 rings (SSSR count). The number of phenols is 1. The van der Waals surface area contributed by atoms with Gasteiger partial charge in [0.15, 0.2) is 17.2 Å². The van der Waals surface area contributed by atoms with Crippen molar-refractivity contribution in [3.63, 3.8) is 0 Å². The zero-order chi connectivity index (χ0) is 22.8. The van der Waals surface area contributed by atoms with Crippen molar-refractivity contribution in [2.24, 2.45) is 0 Å². The maximum Gasteiger partial charge on any atom is 0.241 e. The smallest absolute Gasteiger partial charge is 0.241 e. The Morgan fingerprint density at radius 2 is 2.06 bits per heavy atom. The number of phenolic OH excluding ortho intramolecular Hbond substituents is 1. The monoisotopic (exact) mass is 444 g/mol. The van der Waals surface area contributed by atoms with Crippen LogP contribution in [0.3, 0.4) is 0 Å². The minimum Gasteiger partial charge on any atom is -0.508 e. The molecule has 0 atom stereocenters. The van der Waals surface area contributed by atoms with E-state index in [4.69, 9.17) is 0 Å².